The molecule has 0 saturated heterocycles. The van der Waals surface area contributed by atoms with Gasteiger partial charge in [0.25, 0.3) is 11.8 Å². The number of aryl methyl sites for hydroxylation is 1. The Hall–Kier alpha value is -2.70. The Kier molecular flexibility index (Phi) is 4.92. The predicted octanol–water partition coefficient (Wildman–Crippen LogP) is 4.64. The molecule has 27 heavy (non-hydrogen) atoms. The largest absolute Gasteiger partial charge is 0.307 e. The minimum atomic E-state index is -0.289. The van der Waals surface area contributed by atoms with Gasteiger partial charge in [0.1, 0.15) is 5.69 Å². The van der Waals surface area contributed by atoms with E-state index >= 15 is 0 Å². The number of hydrogen-bond donors (Lipinski definition) is 1. The lowest BCUT2D eigenvalue weighted by atomic mass is 10.0. The lowest BCUT2D eigenvalue weighted by Crippen LogP contribution is -2.35. The van der Waals surface area contributed by atoms with Crippen molar-refractivity contribution in [3.8, 4) is 0 Å². The fourth-order valence-electron chi connectivity index (χ4n) is 3.08. The molecule has 0 fully saturated rings. The Morgan fingerprint density at radius 2 is 1.89 bits per heavy atom. The summed E-state index contributed by atoms with van der Waals surface area (Å²) >= 11 is 7.07. The highest BCUT2D eigenvalue weighted by atomic mass is 35.5. The summed E-state index contributed by atoms with van der Waals surface area (Å²) in [5.74, 6) is -0.436. The zero-order valence-corrected chi connectivity index (χ0v) is 15.9. The van der Waals surface area contributed by atoms with Crippen LogP contribution in [0.3, 0.4) is 0 Å². The molecule has 1 aliphatic rings. The zero-order valence-electron chi connectivity index (χ0n) is 14.3. The van der Waals surface area contributed by atoms with E-state index in [4.69, 9.17) is 11.6 Å². The molecule has 1 aromatic heterocycles. The van der Waals surface area contributed by atoms with Crippen LogP contribution < -0.4 is 10.2 Å². The SMILES string of the molecule is O=C(Nc1nc(C(=O)N2CCCc3ccccc32)cs1)c1ccc(Cl)cc1. The lowest BCUT2D eigenvalue weighted by Gasteiger charge is -2.28. The number of thiazole rings is 1. The Labute approximate surface area is 165 Å². The first-order chi connectivity index (χ1) is 13.1. The summed E-state index contributed by atoms with van der Waals surface area (Å²) in [7, 11) is 0. The Balaban J connectivity index is 1.50. The maximum absolute atomic E-state index is 12.9. The van der Waals surface area contributed by atoms with E-state index in [0.29, 0.717) is 28.0 Å². The van der Waals surface area contributed by atoms with Crippen molar-refractivity contribution < 1.29 is 9.59 Å². The third kappa shape index (κ3) is 3.72. The molecule has 3 aromatic rings. The molecule has 1 N–H and O–H groups in total. The average Bonchev–Trinajstić information content (AvgIpc) is 3.16. The molecule has 0 unspecified atom stereocenters. The van der Waals surface area contributed by atoms with Crippen LogP contribution in [-0.4, -0.2) is 23.3 Å². The number of nitrogens with one attached hydrogen (secondary N) is 1. The van der Waals surface area contributed by atoms with Gasteiger partial charge in [0.2, 0.25) is 0 Å². The highest BCUT2D eigenvalue weighted by Crippen LogP contribution is 2.29. The molecule has 2 heterocycles. The first-order valence-electron chi connectivity index (χ1n) is 8.54. The number of rotatable bonds is 3. The predicted molar refractivity (Wildman–Crippen MR) is 108 cm³/mol. The van der Waals surface area contributed by atoms with Crippen LogP contribution in [0.15, 0.2) is 53.9 Å². The molecule has 0 radical (unpaired) electrons. The van der Waals surface area contributed by atoms with Crippen LogP contribution in [0, 0.1) is 0 Å². The molecule has 2 aromatic carbocycles. The second kappa shape index (κ2) is 7.50. The number of aromatic nitrogens is 1. The molecule has 4 rings (SSSR count). The maximum Gasteiger partial charge on any atom is 0.277 e. The van der Waals surface area contributed by atoms with Gasteiger partial charge in [-0.1, -0.05) is 29.8 Å². The maximum atomic E-state index is 12.9. The third-order valence-electron chi connectivity index (χ3n) is 4.41. The molecule has 0 bridgehead atoms. The normalized spacial score (nSPS) is 13.1. The van der Waals surface area contributed by atoms with Gasteiger partial charge in [0.15, 0.2) is 5.13 Å². The highest BCUT2D eigenvalue weighted by molar-refractivity contribution is 7.14. The van der Waals surface area contributed by atoms with Gasteiger partial charge < -0.3 is 4.90 Å². The zero-order chi connectivity index (χ0) is 18.8. The fourth-order valence-corrected chi connectivity index (χ4v) is 3.89. The van der Waals surface area contributed by atoms with Crippen LogP contribution >= 0.6 is 22.9 Å². The van der Waals surface area contributed by atoms with Crippen LogP contribution in [0.4, 0.5) is 10.8 Å². The van der Waals surface area contributed by atoms with E-state index in [1.54, 1.807) is 34.5 Å². The van der Waals surface area contributed by atoms with Gasteiger partial charge in [-0.15, -0.1) is 11.3 Å². The first-order valence-corrected chi connectivity index (χ1v) is 9.80. The number of benzene rings is 2. The number of halogens is 1. The molecule has 0 aliphatic carbocycles. The van der Waals surface area contributed by atoms with Crippen LogP contribution in [0.5, 0.6) is 0 Å². The molecular formula is C20H16ClN3O2S. The van der Waals surface area contributed by atoms with E-state index in [1.165, 1.54) is 16.9 Å². The van der Waals surface area contributed by atoms with Gasteiger partial charge in [-0.05, 0) is 48.7 Å². The van der Waals surface area contributed by atoms with Gasteiger partial charge in [0, 0.05) is 28.2 Å². The molecule has 0 saturated carbocycles. The summed E-state index contributed by atoms with van der Waals surface area (Å²) in [4.78, 5) is 31.3. The van der Waals surface area contributed by atoms with Gasteiger partial charge in [-0.25, -0.2) is 4.98 Å². The summed E-state index contributed by atoms with van der Waals surface area (Å²) in [6, 6.07) is 14.5. The average molecular weight is 398 g/mol. The highest BCUT2D eigenvalue weighted by Gasteiger charge is 2.25. The van der Waals surface area contributed by atoms with Crippen molar-refractivity contribution in [1.29, 1.82) is 0 Å². The Morgan fingerprint density at radius 1 is 1.11 bits per heavy atom. The summed E-state index contributed by atoms with van der Waals surface area (Å²) < 4.78 is 0. The number of anilines is 2. The van der Waals surface area contributed by atoms with Gasteiger partial charge in [-0.2, -0.15) is 0 Å². The Morgan fingerprint density at radius 3 is 2.70 bits per heavy atom. The summed E-state index contributed by atoms with van der Waals surface area (Å²) in [6.45, 7) is 0.667. The number of carbonyl (C=O) groups is 2. The standard InChI is InChI=1S/C20H16ClN3O2S/c21-15-9-7-14(8-10-15)18(25)23-20-22-16(12-27-20)19(26)24-11-3-5-13-4-1-2-6-17(13)24/h1-2,4,6-10,12H,3,5,11H2,(H,22,23,25). The number of para-hydroxylation sites is 1. The van der Waals surface area contributed by atoms with Crippen molar-refractivity contribution in [1.82, 2.24) is 4.98 Å². The number of amides is 2. The summed E-state index contributed by atoms with van der Waals surface area (Å²) in [6.07, 6.45) is 1.90. The number of fused-ring (bicyclic) bond motifs is 1. The quantitative estimate of drug-likeness (QED) is 0.700. The second-order valence-corrected chi connectivity index (χ2v) is 7.48. The van der Waals surface area contributed by atoms with Crippen LogP contribution in [0.25, 0.3) is 0 Å². The van der Waals surface area contributed by atoms with Crippen LogP contribution in [0.2, 0.25) is 5.02 Å². The molecule has 5 nitrogen and oxygen atoms in total. The van der Waals surface area contributed by atoms with Crippen LogP contribution in [0.1, 0.15) is 32.8 Å². The minimum absolute atomic E-state index is 0.148. The second-order valence-electron chi connectivity index (χ2n) is 6.19. The van der Waals surface area contributed by atoms with Crippen LogP contribution in [-0.2, 0) is 6.42 Å². The third-order valence-corrected chi connectivity index (χ3v) is 5.42. The van der Waals surface area contributed by atoms with E-state index in [-0.39, 0.29) is 11.8 Å². The summed E-state index contributed by atoms with van der Waals surface area (Å²) in [5, 5.41) is 5.36. The Bertz CT molecular complexity index is 1000. The van der Waals surface area contributed by atoms with E-state index < -0.39 is 0 Å². The van der Waals surface area contributed by atoms with Crippen molar-refractivity contribution in [3.63, 3.8) is 0 Å². The van der Waals surface area contributed by atoms with Crippen molar-refractivity contribution in [2.24, 2.45) is 0 Å². The molecule has 136 valence electrons. The van der Waals surface area contributed by atoms with E-state index in [1.807, 2.05) is 24.3 Å². The van der Waals surface area contributed by atoms with Gasteiger partial charge in [-0.3, -0.25) is 14.9 Å². The van der Waals surface area contributed by atoms with Crippen molar-refractivity contribution >= 4 is 45.6 Å². The van der Waals surface area contributed by atoms with E-state index in [9.17, 15) is 9.59 Å². The monoisotopic (exact) mass is 397 g/mol. The van der Waals surface area contributed by atoms with E-state index in [0.717, 1.165) is 18.5 Å². The van der Waals surface area contributed by atoms with Gasteiger partial charge in [0.05, 0.1) is 0 Å². The lowest BCUT2D eigenvalue weighted by molar-refractivity contribution is 0.0978. The minimum Gasteiger partial charge on any atom is -0.307 e. The molecule has 0 atom stereocenters. The molecule has 2 amide bonds. The summed E-state index contributed by atoms with van der Waals surface area (Å²) in [5.41, 5.74) is 2.92. The van der Waals surface area contributed by atoms with Crippen molar-refractivity contribution in [2.75, 3.05) is 16.8 Å². The molecule has 0 spiro atoms. The smallest absolute Gasteiger partial charge is 0.277 e. The topological polar surface area (TPSA) is 62.3 Å². The van der Waals surface area contributed by atoms with E-state index in [2.05, 4.69) is 10.3 Å². The van der Waals surface area contributed by atoms with Gasteiger partial charge >= 0.3 is 0 Å². The number of carbonyl (C=O) groups excluding carboxylic acids is 2. The fraction of sp³-hybridized carbons (Fsp3) is 0.150. The molecule has 7 heteroatoms. The number of hydrogen-bond acceptors (Lipinski definition) is 4. The molecular weight excluding hydrogens is 382 g/mol. The molecule has 1 aliphatic heterocycles. The van der Waals surface area contributed by atoms with Crippen molar-refractivity contribution in [3.05, 3.63) is 75.8 Å². The number of nitrogens with zero attached hydrogens (tertiary/aromatic N) is 2. The van der Waals surface area contributed by atoms with Crippen molar-refractivity contribution in [2.45, 2.75) is 12.8 Å². The first kappa shape index (κ1) is 17.7.